The van der Waals surface area contributed by atoms with Gasteiger partial charge in [-0.25, -0.2) is 9.78 Å². The van der Waals surface area contributed by atoms with Gasteiger partial charge in [0.15, 0.2) is 0 Å². The smallest absolute Gasteiger partial charge is 0.330 e. The highest BCUT2D eigenvalue weighted by Crippen LogP contribution is 2.37. The molecule has 1 saturated carbocycles. The van der Waals surface area contributed by atoms with E-state index >= 15 is 0 Å². The summed E-state index contributed by atoms with van der Waals surface area (Å²) < 4.78 is 5.25. The Kier molecular flexibility index (Phi) is 5.36. The number of anilines is 4. The van der Waals surface area contributed by atoms with Crippen LogP contribution < -0.4 is 19.9 Å². The van der Waals surface area contributed by atoms with Gasteiger partial charge in [0, 0.05) is 29.2 Å². The molecule has 2 atom stereocenters. The number of benzene rings is 2. The summed E-state index contributed by atoms with van der Waals surface area (Å²) in [5, 5.41) is 13.4. The summed E-state index contributed by atoms with van der Waals surface area (Å²) in [4.78, 5) is 26.3. The van der Waals surface area contributed by atoms with Crippen LogP contribution in [0.2, 0.25) is 0 Å². The van der Waals surface area contributed by atoms with Crippen molar-refractivity contribution < 1.29 is 14.6 Å². The number of hydrogen-bond donors (Lipinski definition) is 2. The van der Waals surface area contributed by atoms with Crippen LogP contribution in [0.1, 0.15) is 24.8 Å². The van der Waals surface area contributed by atoms with Crippen LogP contribution in [0.5, 0.6) is 5.75 Å². The van der Waals surface area contributed by atoms with Crippen LogP contribution >= 0.6 is 0 Å². The van der Waals surface area contributed by atoms with Crippen molar-refractivity contribution in [3.05, 3.63) is 66.4 Å². The Labute approximate surface area is 186 Å². The number of carbonyl (C=O) groups is 1. The summed E-state index contributed by atoms with van der Waals surface area (Å²) in [5.74, 6) is 1.77. The van der Waals surface area contributed by atoms with E-state index < -0.39 is 6.10 Å². The van der Waals surface area contributed by atoms with Crippen LogP contribution in [0, 0.1) is 0 Å². The van der Waals surface area contributed by atoms with E-state index in [1.807, 2.05) is 54.6 Å². The number of ether oxygens (including phenoxy) is 1. The molecule has 164 valence electrons. The molecule has 0 unspecified atom stereocenters. The van der Waals surface area contributed by atoms with E-state index in [9.17, 15) is 9.90 Å². The SMILES string of the molecule is COc1ccc(N2Cc3cnc(Nc4ccccc4)nc3N([C@H]3CC[C@@H](O)C3)C2=O)cc1. The number of aliphatic hydroxyl groups is 1. The van der Waals surface area contributed by atoms with Gasteiger partial charge < -0.3 is 15.2 Å². The van der Waals surface area contributed by atoms with Gasteiger partial charge in [-0.1, -0.05) is 18.2 Å². The maximum atomic E-state index is 13.7. The van der Waals surface area contributed by atoms with Crippen molar-refractivity contribution in [2.45, 2.75) is 38.0 Å². The lowest BCUT2D eigenvalue weighted by molar-refractivity contribution is 0.181. The minimum absolute atomic E-state index is 0.114. The summed E-state index contributed by atoms with van der Waals surface area (Å²) in [5.41, 5.74) is 2.51. The molecule has 32 heavy (non-hydrogen) atoms. The van der Waals surface area contributed by atoms with Crippen LogP contribution in [0.25, 0.3) is 0 Å². The molecule has 5 rings (SSSR count). The third-order valence-electron chi connectivity index (χ3n) is 5.99. The van der Waals surface area contributed by atoms with Crippen molar-refractivity contribution in [3.8, 4) is 5.75 Å². The summed E-state index contributed by atoms with van der Waals surface area (Å²) in [6.07, 6.45) is 3.30. The van der Waals surface area contributed by atoms with Crippen LogP contribution in [0.3, 0.4) is 0 Å². The zero-order chi connectivity index (χ0) is 22.1. The van der Waals surface area contributed by atoms with Crippen LogP contribution in [0.15, 0.2) is 60.8 Å². The fourth-order valence-corrected chi connectivity index (χ4v) is 4.35. The Hall–Kier alpha value is -3.65. The third-order valence-corrected chi connectivity index (χ3v) is 5.99. The molecule has 2 aliphatic rings. The van der Waals surface area contributed by atoms with E-state index in [2.05, 4.69) is 10.3 Å². The normalized spacial score (nSPS) is 20.2. The summed E-state index contributed by atoms with van der Waals surface area (Å²) >= 11 is 0. The summed E-state index contributed by atoms with van der Waals surface area (Å²) in [6.45, 7) is 0.373. The number of methoxy groups -OCH3 is 1. The molecule has 0 radical (unpaired) electrons. The predicted octanol–water partition coefficient (Wildman–Crippen LogP) is 4.09. The van der Waals surface area contributed by atoms with Crippen molar-refractivity contribution >= 4 is 29.2 Å². The average molecular weight is 431 g/mol. The van der Waals surface area contributed by atoms with Gasteiger partial charge in [-0.05, 0) is 55.7 Å². The molecule has 0 bridgehead atoms. The Morgan fingerprint density at radius 1 is 1.09 bits per heavy atom. The molecule has 1 aromatic heterocycles. The maximum Gasteiger partial charge on any atom is 0.330 e. The Balaban J connectivity index is 1.51. The Morgan fingerprint density at radius 3 is 2.56 bits per heavy atom. The first kappa shape index (κ1) is 20.3. The quantitative estimate of drug-likeness (QED) is 0.632. The van der Waals surface area contributed by atoms with E-state index in [-0.39, 0.29) is 12.1 Å². The number of para-hydroxylation sites is 1. The number of amides is 2. The van der Waals surface area contributed by atoms with Gasteiger partial charge in [0.2, 0.25) is 5.95 Å². The highest BCUT2D eigenvalue weighted by molar-refractivity contribution is 6.06. The average Bonchev–Trinajstić information content (AvgIpc) is 3.25. The monoisotopic (exact) mass is 431 g/mol. The Morgan fingerprint density at radius 2 is 1.88 bits per heavy atom. The molecule has 0 saturated heterocycles. The first-order valence-electron chi connectivity index (χ1n) is 10.7. The third kappa shape index (κ3) is 3.85. The second-order valence-corrected chi connectivity index (χ2v) is 8.09. The van der Waals surface area contributed by atoms with Crippen molar-refractivity contribution in [1.29, 1.82) is 0 Å². The van der Waals surface area contributed by atoms with Crippen LogP contribution in [-0.4, -0.2) is 40.4 Å². The molecule has 3 aromatic rings. The molecule has 2 aromatic carbocycles. The lowest BCUT2D eigenvalue weighted by Gasteiger charge is -2.39. The standard InChI is InChI=1S/C24H25N5O3/c1-32-21-11-8-18(9-12-21)28-15-16-14-25-23(26-17-5-3-2-4-6-17)27-22(16)29(24(28)31)19-7-10-20(30)13-19/h2-6,8-9,11-12,14,19-20,30H,7,10,13,15H2,1H3,(H,25,26,27)/t19-,20+/m0/s1. The number of hydrogen-bond acceptors (Lipinski definition) is 6. The number of carbonyl (C=O) groups excluding carboxylic acids is 1. The second kappa shape index (κ2) is 8.47. The highest BCUT2D eigenvalue weighted by Gasteiger charge is 2.40. The van der Waals surface area contributed by atoms with Crippen LogP contribution in [0.4, 0.5) is 27.9 Å². The van der Waals surface area contributed by atoms with Crippen molar-refractivity contribution in [1.82, 2.24) is 9.97 Å². The molecule has 1 fully saturated rings. The van der Waals surface area contributed by atoms with Gasteiger partial charge in [-0.3, -0.25) is 9.80 Å². The van der Waals surface area contributed by atoms with Gasteiger partial charge in [-0.2, -0.15) is 4.98 Å². The molecule has 8 heteroatoms. The number of nitrogens with one attached hydrogen (secondary N) is 1. The number of aliphatic hydroxyl groups excluding tert-OH is 1. The molecule has 2 N–H and O–H groups in total. The van der Waals surface area contributed by atoms with Crippen LogP contribution in [-0.2, 0) is 6.54 Å². The first-order valence-corrected chi connectivity index (χ1v) is 10.7. The molecular formula is C24H25N5O3. The molecule has 2 heterocycles. The minimum atomic E-state index is -0.406. The molecule has 2 amide bonds. The van der Waals surface area contributed by atoms with E-state index in [4.69, 9.17) is 9.72 Å². The second-order valence-electron chi connectivity index (χ2n) is 8.09. The predicted molar refractivity (Wildman–Crippen MR) is 122 cm³/mol. The number of fused-ring (bicyclic) bond motifs is 1. The molecule has 0 spiro atoms. The number of aromatic nitrogens is 2. The highest BCUT2D eigenvalue weighted by atomic mass is 16.5. The van der Waals surface area contributed by atoms with Gasteiger partial charge in [0.1, 0.15) is 11.6 Å². The number of urea groups is 1. The first-order chi connectivity index (χ1) is 15.6. The van der Waals surface area contributed by atoms with Gasteiger partial charge in [0.25, 0.3) is 0 Å². The zero-order valence-electron chi connectivity index (χ0n) is 17.8. The molecule has 1 aliphatic heterocycles. The number of rotatable bonds is 5. The van der Waals surface area contributed by atoms with Gasteiger partial charge in [-0.15, -0.1) is 0 Å². The fourth-order valence-electron chi connectivity index (χ4n) is 4.35. The number of nitrogens with zero attached hydrogens (tertiary/aromatic N) is 4. The minimum Gasteiger partial charge on any atom is -0.497 e. The largest absolute Gasteiger partial charge is 0.497 e. The lowest BCUT2D eigenvalue weighted by Crippen LogP contribution is -2.52. The van der Waals surface area contributed by atoms with E-state index in [1.165, 1.54) is 0 Å². The summed E-state index contributed by atoms with van der Waals surface area (Å²) in [7, 11) is 1.61. The van der Waals surface area contributed by atoms with E-state index in [1.54, 1.807) is 23.1 Å². The lowest BCUT2D eigenvalue weighted by atomic mass is 10.1. The molecule has 8 nitrogen and oxygen atoms in total. The van der Waals surface area contributed by atoms with Crippen molar-refractivity contribution in [2.24, 2.45) is 0 Å². The van der Waals surface area contributed by atoms with E-state index in [0.29, 0.717) is 31.2 Å². The fraction of sp³-hybridized carbons (Fsp3) is 0.292. The molecular weight excluding hydrogens is 406 g/mol. The maximum absolute atomic E-state index is 13.7. The van der Waals surface area contributed by atoms with Crippen molar-refractivity contribution in [2.75, 3.05) is 22.2 Å². The zero-order valence-corrected chi connectivity index (χ0v) is 17.8. The van der Waals surface area contributed by atoms with Gasteiger partial charge in [0.05, 0.1) is 19.8 Å². The van der Waals surface area contributed by atoms with Gasteiger partial charge >= 0.3 is 6.03 Å². The Bertz CT molecular complexity index is 1110. The summed E-state index contributed by atoms with van der Waals surface area (Å²) in [6, 6.07) is 16.8. The topological polar surface area (TPSA) is 90.8 Å². The van der Waals surface area contributed by atoms with E-state index in [0.717, 1.165) is 29.1 Å². The van der Waals surface area contributed by atoms with Crippen molar-refractivity contribution in [3.63, 3.8) is 0 Å². The molecule has 1 aliphatic carbocycles.